The van der Waals surface area contributed by atoms with Gasteiger partial charge in [0.05, 0.1) is 0 Å². The predicted octanol–water partition coefficient (Wildman–Crippen LogP) is 4.13. The van der Waals surface area contributed by atoms with Crippen molar-refractivity contribution in [2.45, 2.75) is 38.1 Å². The molecule has 0 saturated carbocycles. The molecule has 2 unspecified atom stereocenters. The van der Waals surface area contributed by atoms with Crippen molar-refractivity contribution in [2.24, 2.45) is 0 Å². The molecular formula is C14H16Cl2FN3O. The first-order valence-electron chi connectivity index (χ1n) is 6.65. The van der Waals surface area contributed by atoms with Gasteiger partial charge in [0.15, 0.2) is 0 Å². The lowest BCUT2D eigenvalue weighted by Crippen LogP contribution is -2.35. The number of alkyl halides is 1. The summed E-state index contributed by atoms with van der Waals surface area (Å²) in [7, 11) is 0. The van der Waals surface area contributed by atoms with Gasteiger partial charge in [-0.05, 0) is 18.6 Å². The van der Waals surface area contributed by atoms with Gasteiger partial charge in [-0.25, -0.2) is 14.1 Å². The summed E-state index contributed by atoms with van der Waals surface area (Å²) >= 11 is 12.0. The van der Waals surface area contributed by atoms with Crippen molar-refractivity contribution >= 4 is 23.2 Å². The fraction of sp³-hybridized carbons (Fsp3) is 0.429. The number of benzene rings is 1. The van der Waals surface area contributed by atoms with Crippen LogP contribution in [-0.2, 0) is 5.60 Å². The van der Waals surface area contributed by atoms with Crippen molar-refractivity contribution in [1.29, 1.82) is 0 Å². The van der Waals surface area contributed by atoms with Gasteiger partial charge < -0.3 is 5.11 Å². The second-order valence-electron chi connectivity index (χ2n) is 4.86. The molecule has 2 atom stereocenters. The molecule has 7 heteroatoms. The van der Waals surface area contributed by atoms with E-state index in [4.69, 9.17) is 23.2 Å². The van der Waals surface area contributed by atoms with Crippen molar-refractivity contribution in [3.8, 4) is 0 Å². The molecule has 0 bridgehead atoms. The molecule has 1 aromatic carbocycles. The lowest BCUT2D eigenvalue weighted by atomic mass is 9.87. The topological polar surface area (TPSA) is 50.9 Å². The van der Waals surface area contributed by atoms with E-state index in [1.54, 1.807) is 12.1 Å². The predicted molar refractivity (Wildman–Crippen MR) is 80.1 cm³/mol. The third-order valence-electron chi connectivity index (χ3n) is 3.37. The first-order chi connectivity index (χ1) is 9.99. The summed E-state index contributed by atoms with van der Waals surface area (Å²) in [5, 5.41) is 15.4. The number of hydrogen-bond donors (Lipinski definition) is 1. The van der Waals surface area contributed by atoms with Crippen molar-refractivity contribution in [2.75, 3.05) is 0 Å². The van der Waals surface area contributed by atoms with Crippen molar-refractivity contribution in [3.63, 3.8) is 0 Å². The second-order valence-corrected chi connectivity index (χ2v) is 5.71. The van der Waals surface area contributed by atoms with E-state index in [2.05, 4.69) is 10.1 Å². The summed E-state index contributed by atoms with van der Waals surface area (Å²) < 4.78 is 15.8. The van der Waals surface area contributed by atoms with E-state index in [0.29, 0.717) is 17.0 Å². The van der Waals surface area contributed by atoms with Crippen molar-refractivity contribution in [3.05, 3.63) is 46.5 Å². The Morgan fingerprint density at radius 1 is 1.43 bits per heavy atom. The van der Waals surface area contributed by atoms with Crippen LogP contribution in [0.3, 0.4) is 0 Å². The van der Waals surface area contributed by atoms with E-state index in [0.717, 1.165) is 11.1 Å². The molecule has 0 spiro atoms. The lowest BCUT2D eigenvalue weighted by molar-refractivity contribution is -0.0884. The minimum atomic E-state index is -1.79. The standard InChI is InChI=1S/C14H16Cl2FN3O/c1-2-3-6-14(21,13(17)20-9-18-8-19-20)11-5-4-10(15)7-12(11)16/h4-5,7-9,13,21H,2-3,6H2,1H3. The number of rotatable bonds is 6. The van der Waals surface area contributed by atoms with Crippen LogP contribution in [0.15, 0.2) is 30.9 Å². The zero-order chi connectivity index (χ0) is 15.5. The van der Waals surface area contributed by atoms with E-state index >= 15 is 0 Å². The summed E-state index contributed by atoms with van der Waals surface area (Å²) in [6, 6.07) is 4.61. The number of aliphatic hydroxyl groups is 1. The zero-order valence-electron chi connectivity index (χ0n) is 11.5. The molecule has 0 aliphatic heterocycles. The number of nitrogens with zero attached hydrogens (tertiary/aromatic N) is 3. The van der Waals surface area contributed by atoms with Crippen LogP contribution in [0.1, 0.15) is 38.0 Å². The Morgan fingerprint density at radius 2 is 2.19 bits per heavy atom. The second kappa shape index (κ2) is 6.73. The molecule has 4 nitrogen and oxygen atoms in total. The van der Waals surface area contributed by atoms with Crippen molar-refractivity contribution in [1.82, 2.24) is 14.8 Å². The number of unbranched alkanes of at least 4 members (excludes halogenated alkanes) is 1. The van der Waals surface area contributed by atoms with Gasteiger partial charge in [0.2, 0.25) is 6.30 Å². The third-order valence-corrected chi connectivity index (χ3v) is 3.92. The van der Waals surface area contributed by atoms with Crippen LogP contribution < -0.4 is 0 Å². The maximum absolute atomic E-state index is 14.8. The van der Waals surface area contributed by atoms with Gasteiger partial charge in [-0.2, -0.15) is 5.10 Å². The molecule has 1 aromatic heterocycles. The highest BCUT2D eigenvalue weighted by molar-refractivity contribution is 6.35. The highest BCUT2D eigenvalue weighted by Crippen LogP contribution is 2.42. The normalized spacial score (nSPS) is 15.7. The van der Waals surface area contributed by atoms with E-state index in [-0.39, 0.29) is 11.4 Å². The van der Waals surface area contributed by atoms with Gasteiger partial charge in [-0.1, -0.05) is 49.0 Å². The Labute approximate surface area is 132 Å². The smallest absolute Gasteiger partial charge is 0.225 e. The molecule has 0 fully saturated rings. The van der Waals surface area contributed by atoms with Crippen molar-refractivity contribution < 1.29 is 9.50 Å². The summed E-state index contributed by atoms with van der Waals surface area (Å²) in [6.45, 7) is 1.96. The number of halogens is 3. The van der Waals surface area contributed by atoms with E-state index in [1.807, 2.05) is 6.92 Å². The molecule has 1 heterocycles. The Balaban J connectivity index is 2.45. The fourth-order valence-corrected chi connectivity index (χ4v) is 2.79. The Hall–Kier alpha value is -1.17. The largest absolute Gasteiger partial charge is 0.380 e. The van der Waals surface area contributed by atoms with Crippen LogP contribution in [0.2, 0.25) is 10.0 Å². The first kappa shape index (κ1) is 16.2. The van der Waals surface area contributed by atoms with Gasteiger partial charge in [0.25, 0.3) is 0 Å². The average molecular weight is 332 g/mol. The van der Waals surface area contributed by atoms with Gasteiger partial charge in [0, 0.05) is 15.6 Å². The van der Waals surface area contributed by atoms with E-state index < -0.39 is 11.9 Å². The minimum Gasteiger partial charge on any atom is -0.380 e. The number of hydrogen-bond acceptors (Lipinski definition) is 3. The third kappa shape index (κ3) is 3.36. The van der Waals surface area contributed by atoms with Crippen LogP contribution in [0.5, 0.6) is 0 Å². The van der Waals surface area contributed by atoms with Gasteiger partial charge >= 0.3 is 0 Å². The van der Waals surface area contributed by atoms with Crippen LogP contribution in [0.4, 0.5) is 4.39 Å². The molecule has 2 rings (SSSR count). The summed E-state index contributed by atoms with van der Waals surface area (Å²) in [4.78, 5) is 3.71. The molecule has 114 valence electrons. The minimum absolute atomic E-state index is 0.214. The highest BCUT2D eigenvalue weighted by atomic mass is 35.5. The molecule has 0 saturated heterocycles. The molecular weight excluding hydrogens is 316 g/mol. The van der Waals surface area contributed by atoms with E-state index in [1.165, 1.54) is 18.7 Å². The maximum Gasteiger partial charge on any atom is 0.225 e. The summed E-state index contributed by atoms with van der Waals surface area (Å²) in [5.41, 5.74) is -1.49. The fourth-order valence-electron chi connectivity index (χ4n) is 2.22. The zero-order valence-corrected chi connectivity index (χ0v) is 13.0. The van der Waals surface area contributed by atoms with Gasteiger partial charge in [-0.15, -0.1) is 0 Å². The average Bonchev–Trinajstić information content (AvgIpc) is 2.98. The highest BCUT2D eigenvalue weighted by Gasteiger charge is 2.41. The quantitative estimate of drug-likeness (QED) is 0.865. The SMILES string of the molecule is CCCCC(O)(c1ccc(Cl)cc1Cl)C(F)n1cncn1. The molecule has 1 N–H and O–H groups in total. The summed E-state index contributed by atoms with van der Waals surface area (Å²) in [6.07, 6.45) is 2.33. The lowest BCUT2D eigenvalue weighted by Gasteiger charge is -2.32. The molecule has 0 amide bonds. The van der Waals surface area contributed by atoms with Gasteiger partial charge in [-0.3, -0.25) is 0 Å². The van der Waals surface area contributed by atoms with Gasteiger partial charge in [0.1, 0.15) is 18.3 Å². The molecule has 0 aliphatic carbocycles. The van der Waals surface area contributed by atoms with Crippen LogP contribution in [0.25, 0.3) is 0 Å². The Morgan fingerprint density at radius 3 is 2.76 bits per heavy atom. The van der Waals surface area contributed by atoms with E-state index in [9.17, 15) is 9.50 Å². The first-order valence-corrected chi connectivity index (χ1v) is 7.40. The van der Waals surface area contributed by atoms with Crippen LogP contribution in [0, 0.1) is 0 Å². The molecule has 2 aromatic rings. The number of aromatic nitrogens is 3. The Kier molecular flexibility index (Phi) is 5.19. The Bertz CT molecular complexity index is 594. The molecule has 21 heavy (non-hydrogen) atoms. The summed E-state index contributed by atoms with van der Waals surface area (Å²) in [5.74, 6) is 0. The maximum atomic E-state index is 14.8. The van der Waals surface area contributed by atoms with Crippen LogP contribution >= 0.6 is 23.2 Å². The molecule has 0 aliphatic rings. The molecule has 0 radical (unpaired) electrons. The van der Waals surface area contributed by atoms with Crippen LogP contribution in [-0.4, -0.2) is 19.9 Å². The monoisotopic (exact) mass is 331 g/mol.